The van der Waals surface area contributed by atoms with Gasteiger partial charge in [-0.15, -0.1) is 0 Å². The third-order valence-electron chi connectivity index (χ3n) is 4.09. The highest BCUT2D eigenvalue weighted by atomic mass is 19.1. The van der Waals surface area contributed by atoms with Crippen LogP contribution in [0.25, 0.3) is 11.3 Å². The fourth-order valence-electron chi connectivity index (χ4n) is 2.49. The highest BCUT2D eigenvalue weighted by Crippen LogP contribution is 2.26. The molecule has 1 heterocycles. The lowest BCUT2D eigenvalue weighted by Gasteiger charge is -2.12. The van der Waals surface area contributed by atoms with Crippen molar-refractivity contribution in [2.24, 2.45) is 0 Å². The van der Waals surface area contributed by atoms with Crippen LogP contribution < -0.4 is 4.90 Å². The molecule has 3 aromatic rings. The van der Waals surface area contributed by atoms with Crippen LogP contribution in [0.4, 0.5) is 10.1 Å². The molecule has 0 unspecified atom stereocenters. The first-order chi connectivity index (χ1) is 12.5. The summed E-state index contributed by atoms with van der Waals surface area (Å²) in [5.74, 6) is -0.215. The number of hydrogen-bond acceptors (Lipinski definition) is 5. The largest absolute Gasteiger partial charge is 0.455 e. The monoisotopic (exact) mass is 354 g/mol. The number of anilines is 1. The predicted molar refractivity (Wildman–Crippen MR) is 96.5 cm³/mol. The number of carbonyl (C=O) groups is 1. The highest BCUT2D eigenvalue weighted by Gasteiger charge is 2.16. The summed E-state index contributed by atoms with van der Waals surface area (Å²) in [5, 5.41) is 3.96. The Morgan fingerprint density at radius 3 is 2.38 bits per heavy atom. The molecule has 0 saturated carbocycles. The number of hydrogen-bond donors (Lipinski definition) is 0. The van der Waals surface area contributed by atoms with E-state index in [9.17, 15) is 9.18 Å². The van der Waals surface area contributed by atoms with Crippen LogP contribution in [0.5, 0.6) is 0 Å². The smallest absolute Gasteiger partial charge is 0.338 e. The van der Waals surface area contributed by atoms with Crippen molar-refractivity contribution in [1.82, 2.24) is 5.16 Å². The van der Waals surface area contributed by atoms with Crippen LogP contribution in [0.1, 0.15) is 21.6 Å². The van der Waals surface area contributed by atoms with Crippen LogP contribution in [0.15, 0.2) is 53.1 Å². The average Bonchev–Trinajstić information content (AvgIpc) is 3.01. The van der Waals surface area contributed by atoms with E-state index in [0.29, 0.717) is 22.6 Å². The third kappa shape index (κ3) is 3.74. The molecule has 134 valence electrons. The SMILES string of the molecule is Cc1c(COC(=O)c2ccc(N(C)C)cc2)noc1-c1ccc(F)cc1. The molecule has 2 aromatic carbocycles. The quantitative estimate of drug-likeness (QED) is 0.643. The molecule has 0 aliphatic carbocycles. The Morgan fingerprint density at radius 1 is 1.12 bits per heavy atom. The molecule has 1 aromatic heterocycles. The minimum atomic E-state index is -0.430. The van der Waals surface area contributed by atoms with Crippen LogP contribution >= 0.6 is 0 Å². The Bertz CT molecular complexity index is 900. The van der Waals surface area contributed by atoms with Crippen molar-refractivity contribution < 1.29 is 18.4 Å². The van der Waals surface area contributed by atoms with Crippen LogP contribution in [0, 0.1) is 12.7 Å². The standard InChI is InChI=1S/C20H19FN2O3/c1-13-18(22-26-19(13)14-4-8-16(21)9-5-14)12-25-20(24)15-6-10-17(11-7-15)23(2)3/h4-11H,12H2,1-3H3. The maximum absolute atomic E-state index is 13.0. The summed E-state index contributed by atoms with van der Waals surface area (Å²) >= 11 is 0. The van der Waals surface area contributed by atoms with Gasteiger partial charge in [0.1, 0.15) is 18.1 Å². The third-order valence-corrected chi connectivity index (χ3v) is 4.09. The van der Waals surface area contributed by atoms with Crippen molar-refractivity contribution in [2.75, 3.05) is 19.0 Å². The molecule has 0 atom stereocenters. The predicted octanol–water partition coefficient (Wildman–Crippen LogP) is 4.21. The van der Waals surface area contributed by atoms with Gasteiger partial charge in [-0.05, 0) is 55.5 Å². The van der Waals surface area contributed by atoms with Gasteiger partial charge in [-0.2, -0.15) is 0 Å². The van der Waals surface area contributed by atoms with Gasteiger partial charge in [0.25, 0.3) is 0 Å². The van der Waals surface area contributed by atoms with Gasteiger partial charge in [0.15, 0.2) is 5.76 Å². The van der Waals surface area contributed by atoms with E-state index >= 15 is 0 Å². The fourth-order valence-corrected chi connectivity index (χ4v) is 2.49. The molecule has 5 nitrogen and oxygen atoms in total. The van der Waals surface area contributed by atoms with Crippen LogP contribution in [0.2, 0.25) is 0 Å². The van der Waals surface area contributed by atoms with E-state index in [0.717, 1.165) is 11.3 Å². The van der Waals surface area contributed by atoms with Crippen molar-refractivity contribution in [3.8, 4) is 11.3 Å². The van der Waals surface area contributed by atoms with Gasteiger partial charge in [0.05, 0.1) is 5.56 Å². The number of aromatic nitrogens is 1. The first-order valence-corrected chi connectivity index (χ1v) is 8.11. The van der Waals surface area contributed by atoms with E-state index in [1.807, 2.05) is 38.1 Å². The Labute approximate surface area is 151 Å². The first kappa shape index (κ1) is 17.7. The molecule has 3 rings (SSSR count). The maximum Gasteiger partial charge on any atom is 0.338 e. The Balaban J connectivity index is 1.68. The zero-order valence-corrected chi connectivity index (χ0v) is 14.8. The Hall–Kier alpha value is -3.15. The number of ether oxygens (including phenoxy) is 1. The van der Waals surface area contributed by atoms with Crippen molar-refractivity contribution in [3.63, 3.8) is 0 Å². The maximum atomic E-state index is 13.0. The van der Waals surface area contributed by atoms with Crippen LogP contribution in [-0.4, -0.2) is 25.2 Å². The average molecular weight is 354 g/mol. The summed E-state index contributed by atoms with van der Waals surface area (Å²) in [6.45, 7) is 1.83. The normalized spacial score (nSPS) is 10.6. The summed E-state index contributed by atoms with van der Waals surface area (Å²) in [7, 11) is 3.86. The number of carbonyl (C=O) groups excluding carboxylic acids is 1. The Kier molecular flexibility index (Phi) is 5.02. The second-order valence-electron chi connectivity index (χ2n) is 6.11. The van der Waals surface area contributed by atoms with Gasteiger partial charge in [-0.1, -0.05) is 5.16 Å². The summed E-state index contributed by atoms with van der Waals surface area (Å²) in [5.41, 5.74) is 3.47. The molecule has 0 aliphatic rings. The van der Waals surface area contributed by atoms with Crippen molar-refractivity contribution in [2.45, 2.75) is 13.5 Å². The highest BCUT2D eigenvalue weighted by molar-refractivity contribution is 5.89. The molecule has 0 aliphatic heterocycles. The zero-order chi connectivity index (χ0) is 18.7. The number of esters is 1. The topological polar surface area (TPSA) is 55.6 Å². The van der Waals surface area contributed by atoms with Gasteiger partial charge in [-0.3, -0.25) is 0 Å². The zero-order valence-electron chi connectivity index (χ0n) is 14.8. The molecule has 0 saturated heterocycles. The van der Waals surface area contributed by atoms with Crippen molar-refractivity contribution in [3.05, 3.63) is 71.2 Å². The van der Waals surface area contributed by atoms with Gasteiger partial charge in [0, 0.05) is 30.9 Å². The van der Waals surface area contributed by atoms with Gasteiger partial charge >= 0.3 is 5.97 Å². The number of nitrogens with zero attached hydrogens (tertiary/aromatic N) is 2. The summed E-state index contributed by atoms with van der Waals surface area (Å²) in [6.07, 6.45) is 0. The molecule has 0 N–H and O–H groups in total. The van der Waals surface area contributed by atoms with Gasteiger partial charge in [0.2, 0.25) is 0 Å². The molecule has 0 fully saturated rings. The van der Waals surface area contributed by atoms with Gasteiger partial charge < -0.3 is 14.2 Å². The lowest BCUT2D eigenvalue weighted by Crippen LogP contribution is -2.10. The fraction of sp³-hybridized carbons (Fsp3) is 0.200. The van der Waals surface area contributed by atoms with Crippen molar-refractivity contribution in [1.29, 1.82) is 0 Å². The van der Waals surface area contributed by atoms with Crippen LogP contribution in [-0.2, 0) is 11.3 Å². The summed E-state index contributed by atoms with van der Waals surface area (Å²) < 4.78 is 23.7. The molecule has 6 heteroatoms. The van der Waals surface area contributed by atoms with E-state index in [-0.39, 0.29) is 12.4 Å². The molecule has 0 bridgehead atoms. The lowest BCUT2D eigenvalue weighted by molar-refractivity contribution is 0.0464. The lowest BCUT2D eigenvalue weighted by atomic mass is 10.1. The molecule has 0 amide bonds. The molecular weight excluding hydrogens is 335 g/mol. The second kappa shape index (κ2) is 7.39. The molecular formula is C20H19FN2O3. The van der Waals surface area contributed by atoms with E-state index < -0.39 is 5.97 Å². The van der Waals surface area contributed by atoms with E-state index in [1.165, 1.54) is 12.1 Å². The van der Waals surface area contributed by atoms with E-state index in [1.54, 1.807) is 24.3 Å². The number of benzene rings is 2. The second-order valence-corrected chi connectivity index (χ2v) is 6.11. The minimum Gasteiger partial charge on any atom is -0.455 e. The van der Waals surface area contributed by atoms with E-state index in [2.05, 4.69) is 5.16 Å². The van der Waals surface area contributed by atoms with Gasteiger partial charge in [-0.25, -0.2) is 9.18 Å². The van der Waals surface area contributed by atoms with Crippen LogP contribution in [0.3, 0.4) is 0 Å². The first-order valence-electron chi connectivity index (χ1n) is 8.11. The summed E-state index contributed by atoms with van der Waals surface area (Å²) in [4.78, 5) is 14.1. The molecule has 0 spiro atoms. The molecule has 0 radical (unpaired) electrons. The number of halogens is 1. The summed E-state index contributed by atoms with van der Waals surface area (Å²) in [6, 6.07) is 13.1. The van der Waals surface area contributed by atoms with Crippen molar-refractivity contribution >= 4 is 11.7 Å². The Morgan fingerprint density at radius 2 is 1.77 bits per heavy atom. The minimum absolute atomic E-state index is 0.00476. The number of rotatable bonds is 5. The molecule has 26 heavy (non-hydrogen) atoms. The van der Waals surface area contributed by atoms with E-state index in [4.69, 9.17) is 9.26 Å².